The molecular weight excluding hydrogens is 508 g/mol. The van der Waals surface area contributed by atoms with Crippen LogP contribution in [0.1, 0.15) is 26.3 Å². The molecule has 4 rings (SSSR count). The number of carbonyl (C=O) groups excluding carboxylic acids is 2. The number of carbonyl (C=O) groups is 2. The third-order valence-electron chi connectivity index (χ3n) is 5.51. The molecule has 0 bridgehead atoms. The van der Waals surface area contributed by atoms with E-state index in [4.69, 9.17) is 10.5 Å². The quantitative estimate of drug-likeness (QED) is 0.231. The molecule has 1 aromatic heterocycles. The number of ether oxygens (including phenoxy) is 1. The first kappa shape index (κ1) is 28.1. The topological polar surface area (TPSA) is 139 Å². The Kier molecular flexibility index (Phi) is 8.34. The largest absolute Gasteiger partial charge is 0.444 e. The fourth-order valence-corrected chi connectivity index (χ4v) is 3.83. The third kappa shape index (κ3) is 7.81. The summed E-state index contributed by atoms with van der Waals surface area (Å²) in [7, 11) is 4.02. The number of aromatic nitrogens is 3. The van der Waals surface area contributed by atoms with E-state index in [-0.39, 0.29) is 11.9 Å². The Bertz CT molecular complexity index is 1470. The summed E-state index contributed by atoms with van der Waals surface area (Å²) in [6.07, 6.45) is -0.522. The van der Waals surface area contributed by atoms with Gasteiger partial charge in [-0.05, 0) is 88.0 Å². The summed E-state index contributed by atoms with van der Waals surface area (Å²) in [6, 6.07) is 22.0. The highest BCUT2D eigenvalue weighted by Gasteiger charge is 2.17. The van der Waals surface area contributed by atoms with Crippen LogP contribution in [0.4, 0.5) is 38.5 Å². The van der Waals surface area contributed by atoms with E-state index in [2.05, 4.69) is 30.9 Å². The molecule has 0 aliphatic carbocycles. The summed E-state index contributed by atoms with van der Waals surface area (Å²) in [5.41, 5.74) is 10.3. The Balaban J connectivity index is 1.38. The molecule has 0 radical (unpaired) electrons. The number of anilines is 5. The molecule has 2 amide bonds. The smallest absolute Gasteiger partial charge is 0.412 e. The SMILES string of the molecule is CN(C)Cc1ccc(Nc2nc(N)n(C(=O)Nc3ccc(-c4cccc(NC(=O)OC(C)(C)C)c4)cc3)n2)cc1. The Morgan fingerprint density at radius 1 is 0.900 bits per heavy atom. The highest BCUT2D eigenvalue weighted by molar-refractivity contribution is 5.92. The third-order valence-corrected chi connectivity index (χ3v) is 5.51. The molecule has 0 saturated heterocycles. The van der Waals surface area contributed by atoms with Crippen molar-refractivity contribution in [2.24, 2.45) is 0 Å². The minimum absolute atomic E-state index is 0.0462. The van der Waals surface area contributed by atoms with Gasteiger partial charge in [-0.25, -0.2) is 9.59 Å². The fourth-order valence-electron chi connectivity index (χ4n) is 3.83. The molecule has 0 saturated carbocycles. The van der Waals surface area contributed by atoms with Gasteiger partial charge in [0.1, 0.15) is 5.60 Å². The molecule has 0 fully saturated rings. The van der Waals surface area contributed by atoms with Gasteiger partial charge in [0, 0.05) is 23.6 Å². The van der Waals surface area contributed by atoms with Crippen molar-refractivity contribution < 1.29 is 14.3 Å². The lowest BCUT2D eigenvalue weighted by molar-refractivity contribution is 0.0636. The van der Waals surface area contributed by atoms with Crippen LogP contribution in [-0.4, -0.2) is 51.5 Å². The van der Waals surface area contributed by atoms with Gasteiger partial charge >= 0.3 is 12.1 Å². The predicted molar refractivity (Wildman–Crippen MR) is 158 cm³/mol. The Morgan fingerprint density at radius 3 is 2.23 bits per heavy atom. The van der Waals surface area contributed by atoms with Crippen LogP contribution in [-0.2, 0) is 11.3 Å². The summed E-state index contributed by atoms with van der Waals surface area (Å²) >= 11 is 0. The first-order valence-corrected chi connectivity index (χ1v) is 12.7. The number of amides is 2. The van der Waals surface area contributed by atoms with E-state index in [1.54, 1.807) is 18.2 Å². The van der Waals surface area contributed by atoms with Crippen molar-refractivity contribution in [3.63, 3.8) is 0 Å². The lowest BCUT2D eigenvalue weighted by Crippen LogP contribution is -2.27. The molecule has 0 aliphatic heterocycles. The van der Waals surface area contributed by atoms with E-state index in [1.807, 2.05) is 89.5 Å². The second kappa shape index (κ2) is 11.9. The first-order chi connectivity index (χ1) is 18.9. The normalized spacial score (nSPS) is 11.2. The molecule has 5 N–H and O–H groups in total. The average molecular weight is 543 g/mol. The van der Waals surface area contributed by atoms with Crippen molar-refractivity contribution in [2.75, 3.05) is 35.8 Å². The number of benzene rings is 3. The highest BCUT2D eigenvalue weighted by atomic mass is 16.6. The van der Waals surface area contributed by atoms with Gasteiger partial charge in [0.2, 0.25) is 11.9 Å². The molecule has 1 heterocycles. The number of hydrogen-bond donors (Lipinski definition) is 4. The van der Waals surface area contributed by atoms with Crippen molar-refractivity contribution in [3.05, 3.63) is 78.4 Å². The molecular formula is C29H34N8O3. The first-order valence-electron chi connectivity index (χ1n) is 12.7. The molecule has 11 nitrogen and oxygen atoms in total. The second-order valence-corrected chi connectivity index (χ2v) is 10.5. The second-order valence-electron chi connectivity index (χ2n) is 10.5. The molecule has 4 aromatic rings. The lowest BCUT2D eigenvalue weighted by atomic mass is 10.0. The van der Waals surface area contributed by atoms with E-state index >= 15 is 0 Å². The summed E-state index contributed by atoms with van der Waals surface area (Å²) in [5.74, 6) is 0.165. The van der Waals surface area contributed by atoms with Crippen LogP contribution in [0.3, 0.4) is 0 Å². The monoisotopic (exact) mass is 542 g/mol. The van der Waals surface area contributed by atoms with Crippen LogP contribution in [0.15, 0.2) is 72.8 Å². The van der Waals surface area contributed by atoms with Gasteiger partial charge in [-0.2, -0.15) is 4.98 Å². The maximum absolute atomic E-state index is 12.8. The number of hydrogen-bond acceptors (Lipinski definition) is 8. The molecule has 208 valence electrons. The maximum atomic E-state index is 12.8. The van der Waals surface area contributed by atoms with Crippen LogP contribution in [0.2, 0.25) is 0 Å². The molecule has 3 aromatic carbocycles. The van der Waals surface area contributed by atoms with Crippen LogP contribution >= 0.6 is 0 Å². The van der Waals surface area contributed by atoms with Gasteiger partial charge in [-0.15, -0.1) is 9.78 Å². The van der Waals surface area contributed by atoms with Gasteiger partial charge in [0.25, 0.3) is 0 Å². The summed E-state index contributed by atoms with van der Waals surface area (Å²) in [6.45, 7) is 6.26. The Hall–Kier alpha value is -4.90. The van der Waals surface area contributed by atoms with Crippen molar-refractivity contribution in [1.82, 2.24) is 19.7 Å². The minimum Gasteiger partial charge on any atom is -0.444 e. The Labute approximate surface area is 233 Å². The van der Waals surface area contributed by atoms with Crippen molar-refractivity contribution >= 4 is 41.1 Å². The average Bonchev–Trinajstić information content (AvgIpc) is 3.24. The van der Waals surface area contributed by atoms with Gasteiger partial charge in [-0.3, -0.25) is 5.32 Å². The zero-order valence-electron chi connectivity index (χ0n) is 23.2. The van der Waals surface area contributed by atoms with Gasteiger partial charge in [0.05, 0.1) is 0 Å². The summed E-state index contributed by atoms with van der Waals surface area (Å²) in [5, 5.41) is 12.8. The lowest BCUT2D eigenvalue weighted by Gasteiger charge is -2.19. The maximum Gasteiger partial charge on any atom is 0.412 e. The van der Waals surface area contributed by atoms with Crippen LogP contribution < -0.4 is 21.7 Å². The predicted octanol–water partition coefficient (Wildman–Crippen LogP) is 5.76. The molecule has 0 aliphatic rings. The van der Waals surface area contributed by atoms with Crippen LogP contribution in [0.25, 0.3) is 11.1 Å². The number of rotatable bonds is 7. The number of nitrogens with one attached hydrogen (secondary N) is 3. The molecule has 0 spiro atoms. The fraction of sp³-hybridized carbons (Fsp3) is 0.241. The van der Waals surface area contributed by atoms with Crippen LogP contribution in [0, 0.1) is 0 Å². The van der Waals surface area contributed by atoms with Crippen molar-refractivity contribution in [2.45, 2.75) is 32.9 Å². The van der Waals surface area contributed by atoms with Gasteiger partial charge in [-0.1, -0.05) is 36.4 Å². The minimum atomic E-state index is -0.588. The van der Waals surface area contributed by atoms with E-state index in [9.17, 15) is 9.59 Å². The number of nitrogens with two attached hydrogens (primary N) is 1. The number of nitrogen functional groups attached to an aromatic ring is 1. The highest BCUT2D eigenvalue weighted by Crippen LogP contribution is 2.25. The van der Waals surface area contributed by atoms with Crippen molar-refractivity contribution in [1.29, 1.82) is 0 Å². The summed E-state index contributed by atoms with van der Waals surface area (Å²) in [4.78, 5) is 31.2. The molecule has 11 heteroatoms. The van der Waals surface area contributed by atoms with E-state index in [0.29, 0.717) is 11.4 Å². The van der Waals surface area contributed by atoms with E-state index in [1.165, 1.54) is 5.56 Å². The Morgan fingerprint density at radius 2 is 1.57 bits per heavy atom. The molecule has 40 heavy (non-hydrogen) atoms. The van der Waals surface area contributed by atoms with E-state index < -0.39 is 17.7 Å². The zero-order chi connectivity index (χ0) is 28.9. The van der Waals surface area contributed by atoms with Crippen LogP contribution in [0.5, 0.6) is 0 Å². The summed E-state index contributed by atoms with van der Waals surface area (Å²) < 4.78 is 6.32. The van der Waals surface area contributed by atoms with E-state index in [0.717, 1.165) is 28.0 Å². The molecule has 0 unspecified atom stereocenters. The van der Waals surface area contributed by atoms with Gasteiger partial charge < -0.3 is 26.0 Å². The van der Waals surface area contributed by atoms with Crippen molar-refractivity contribution in [3.8, 4) is 11.1 Å². The number of nitrogens with zero attached hydrogens (tertiary/aromatic N) is 4. The standard InChI is InChI=1S/C29H34N8O3/c1-29(2,3)40-28(39)33-24-8-6-7-21(17-24)20-11-15-23(16-12-20)32-27(38)37-25(30)34-26(35-37)31-22-13-9-19(10-14-22)18-36(4)5/h6-17H,18H2,1-5H3,(H,32,38)(H,33,39)(H3,30,31,34,35). The van der Waals surface area contributed by atoms with Gasteiger partial charge in [0.15, 0.2) is 0 Å². The zero-order valence-corrected chi connectivity index (χ0v) is 23.2. The molecule has 0 atom stereocenters.